The van der Waals surface area contributed by atoms with Gasteiger partial charge in [-0.3, -0.25) is 0 Å². The van der Waals surface area contributed by atoms with Crippen LogP contribution in [0.3, 0.4) is 0 Å². The molecule has 6 heteroatoms. The van der Waals surface area contributed by atoms with E-state index in [1.165, 1.54) is 6.42 Å². The van der Waals surface area contributed by atoms with Crippen LogP contribution in [0, 0.1) is 5.92 Å². The molecular formula is C13H22N6. The molecule has 2 rings (SSSR count). The molecule has 0 saturated carbocycles. The Balaban J connectivity index is 2.21. The number of aromatic amines is 1. The Morgan fingerprint density at radius 2 is 2.11 bits per heavy atom. The molecule has 0 bridgehead atoms. The van der Waals surface area contributed by atoms with Crippen molar-refractivity contribution >= 4 is 22.9 Å². The van der Waals surface area contributed by atoms with Crippen LogP contribution >= 0.6 is 0 Å². The number of aromatic nitrogens is 4. The van der Waals surface area contributed by atoms with Crippen molar-refractivity contribution in [3.8, 4) is 0 Å². The number of rotatable bonds is 6. The number of H-pyrrole nitrogens is 1. The van der Waals surface area contributed by atoms with E-state index in [0.29, 0.717) is 23.6 Å². The first-order valence-electron chi connectivity index (χ1n) is 6.79. The number of hydrogen-bond donors (Lipinski definition) is 3. The van der Waals surface area contributed by atoms with Crippen molar-refractivity contribution in [2.45, 2.75) is 39.7 Å². The standard InChI is InChI=1S/C13H22N6/c1-5-8(2)6-9(3)17-12-10-11(16-7-15-10)18-13(14-4)19-12/h7-9H,5-6H2,1-4H3,(H3,14,15,16,17,18,19). The minimum atomic E-state index is 0.362. The Hall–Kier alpha value is -1.85. The number of nitrogens with zero attached hydrogens (tertiary/aromatic N) is 3. The SMILES string of the molecule is CCC(C)CC(C)Nc1nc(NC)nc2nc[nH]c12. The lowest BCUT2D eigenvalue weighted by Crippen LogP contribution is -2.19. The Kier molecular flexibility index (Phi) is 4.19. The maximum atomic E-state index is 4.46. The average molecular weight is 262 g/mol. The number of imidazole rings is 1. The maximum absolute atomic E-state index is 4.46. The molecule has 2 aromatic heterocycles. The summed E-state index contributed by atoms with van der Waals surface area (Å²) in [6.45, 7) is 6.66. The minimum Gasteiger partial charge on any atom is -0.366 e. The topological polar surface area (TPSA) is 78.5 Å². The Bertz CT molecular complexity index is 535. The molecule has 2 unspecified atom stereocenters. The first-order valence-corrected chi connectivity index (χ1v) is 6.79. The summed E-state index contributed by atoms with van der Waals surface area (Å²) in [6, 6.07) is 0.362. The van der Waals surface area contributed by atoms with Gasteiger partial charge in [-0.1, -0.05) is 20.3 Å². The van der Waals surface area contributed by atoms with Crippen molar-refractivity contribution in [1.29, 1.82) is 0 Å². The lowest BCUT2D eigenvalue weighted by atomic mass is 10.0. The van der Waals surface area contributed by atoms with E-state index in [1.54, 1.807) is 13.4 Å². The van der Waals surface area contributed by atoms with Crippen LogP contribution < -0.4 is 10.6 Å². The summed E-state index contributed by atoms with van der Waals surface area (Å²) in [5, 5.41) is 6.41. The van der Waals surface area contributed by atoms with Gasteiger partial charge in [0.2, 0.25) is 5.95 Å². The van der Waals surface area contributed by atoms with E-state index in [4.69, 9.17) is 0 Å². The van der Waals surface area contributed by atoms with Gasteiger partial charge in [0.15, 0.2) is 11.5 Å². The van der Waals surface area contributed by atoms with Crippen molar-refractivity contribution < 1.29 is 0 Å². The van der Waals surface area contributed by atoms with Crippen LogP contribution in [0.15, 0.2) is 6.33 Å². The van der Waals surface area contributed by atoms with Gasteiger partial charge in [-0.25, -0.2) is 4.98 Å². The van der Waals surface area contributed by atoms with Crippen molar-refractivity contribution in [1.82, 2.24) is 19.9 Å². The molecule has 2 heterocycles. The number of hydrogen-bond acceptors (Lipinski definition) is 5. The molecule has 3 N–H and O–H groups in total. The van der Waals surface area contributed by atoms with E-state index in [-0.39, 0.29) is 0 Å². The fourth-order valence-corrected chi connectivity index (χ4v) is 2.11. The van der Waals surface area contributed by atoms with Crippen LogP contribution in [-0.2, 0) is 0 Å². The first kappa shape index (κ1) is 13.6. The quantitative estimate of drug-likeness (QED) is 0.746. The van der Waals surface area contributed by atoms with E-state index in [9.17, 15) is 0 Å². The monoisotopic (exact) mass is 262 g/mol. The van der Waals surface area contributed by atoms with E-state index < -0.39 is 0 Å². The van der Waals surface area contributed by atoms with Gasteiger partial charge in [-0.05, 0) is 19.3 Å². The van der Waals surface area contributed by atoms with Gasteiger partial charge in [0.25, 0.3) is 0 Å². The minimum absolute atomic E-state index is 0.362. The lowest BCUT2D eigenvalue weighted by Gasteiger charge is -2.18. The van der Waals surface area contributed by atoms with Gasteiger partial charge in [-0.2, -0.15) is 9.97 Å². The van der Waals surface area contributed by atoms with Crippen molar-refractivity contribution in [3.05, 3.63) is 6.33 Å². The lowest BCUT2D eigenvalue weighted by molar-refractivity contribution is 0.483. The smallest absolute Gasteiger partial charge is 0.226 e. The Morgan fingerprint density at radius 1 is 1.32 bits per heavy atom. The van der Waals surface area contributed by atoms with Crippen molar-refractivity contribution in [2.24, 2.45) is 5.92 Å². The summed E-state index contributed by atoms with van der Waals surface area (Å²) in [4.78, 5) is 16.0. The van der Waals surface area contributed by atoms with Crippen LogP contribution in [0.5, 0.6) is 0 Å². The van der Waals surface area contributed by atoms with Gasteiger partial charge in [-0.15, -0.1) is 0 Å². The fourth-order valence-electron chi connectivity index (χ4n) is 2.11. The third kappa shape index (κ3) is 3.13. The molecular weight excluding hydrogens is 240 g/mol. The molecule has 0 fully saturated rings. The van der Waals surface area contributed by atoms with Crippen LogP contribution in [0.4, 0.5) is 11.8 Å². The fraction of sp³-hybridized carbons (Fsp3) is 0.615. The largest absolute Gasteiger partial charge is 0.366 e. The second kappa shape index (κ2) is 5.86. The van der Waals surface area contributed by atoms with Gasteiger partial charge in [0.1, 0.15) is 5.52 Å². The highest BCUT2D eigenvalue weighted by molar-refractivity contribution is 5.83. The Morgan fingerprint density at radius 3 is 2.79 bits per heavy atom. The van der Waals surface area contributed by atoms with Crippen LogP contribution in [0.1, 0.15) is 33.6 Å². The summed E-state index contributed by atoms with van der Waals surface area (Å²) in [6.07, 6.45) is 3.95. The van der Waals surface area contributed by atoms with Gasteiger partial charge in [0.05, 0.1) is 6.33 Å². The molecule has 0 spiro atoms. The first-order chi connectivity index (χ1) is 9.13. The third-order valence-corrected chi connectivity index (χ3v) is 3.35. The predicted molar refractivity (Wildman–Crippen MR) is 78.4 cm³/mol. The van der Waals surface area contributed by atoms with Crippen LogP contribution in [0.25, 0.3) is 11.2 Å². The molecule has 0 aromatic carbocycles. The van der Waals surface area contributed by atoms with Crippen molar-refractivity contribution in [2.75, 3.05) is 17.7 Å². The molecule has 0 saturated heterocycles. The summed E-state index contributed by atoms with van der Waals surface area (Å²) >= 11 is 0. The summed E-state index contributed by atoms with van der Waals surface area (Å²) < 4.78 is 0. The molecule has 0 aliphatic carbocycles. The average Bonchev–Trinajstić information content (AvgIpc) is 2.86. The normalized spacial score (nSPS) is 14.3. The third-order valence-electron chi connectivity index (χ3n) is 3.35. The zero-order valence-corrected chi connectivity index (χ0v) is 12.0. The molecule has 0 aliphatic rings. The van der Waals surface area contributed by atoms with Crippen LogP contribution in [-0.4, -0.2) is 33.0 Å². The summed E-state index contributed by atoms with van der Waals surface area (Å²) in [5.41, 5.74) is 1.53. The molecule has 0 radical (unpaired) electrons. The Labute approximate surface area is 113 Å². The van der Waals surface area contributed by atoms with E-state index in [0.717, 1.165) is 17.8 Å². The van der Waals surface area contributed by atoms with E-state index in [2.05, 4.69) is 51.3 Å². The zero-order chi connectivity index (χ0) is 13.8. The molecule has 104 valence electrons. The van der Waals surface area contributed by atoms with Gasteiger partial charge >= 0.3 is 0 Å². The van der Waals surface area contributed by atoms with Gasteiger partial charge in [0, 0.05) is 13.1 Å². The zero-order valence-electron chi connectivity index (χ0n) is 12.0. The van der Waals surface area contributed by atoms with E-state index in [1.807, 2.05) is 0 Å². The van der Waals surface area contributed by atoms with Crippen LogP contribution in [0.2, 0.25) is 0 Å². The molecule has 19 heavy (non-hydrogen) atoms. The molecule has 0 aliphatic heterocycles. The molecule has 2 atom stereocenters. The second-order valence-electron chi connectivity index (χ2n) is 5.04. The summed E-state index contributed by atoms with van der Waals surface area (Å²) in [7, 11) is 1.81. The number of nitrogens with one attached hydrogen (secondary N) is 3. The predicted octanol–water partition coefficient (Wildman–Crippen LogP) is 2.63. The highest BCUT2D eigenvalue weighted by Crippen LogP contribution is 2.21. The highest BCUT2D eigenvalue weighted by Gasteiger charge is 2.13. The molecule has 6 nitrogen and oxygen atoms in total. The van der Waals surface area contributed by atoms with Gasteiger partial charge < -0.3 is 15.6 Å². The van der Waals surface area contributed by atoms with E-state index >= 15 is 0 Å². The molecule has 0 amide bonds. The summed E-state index contributed by atoms with van der Waals surface area (Å²) in [5.74, 6) is 2.09. The number of fused-ring (bicyclic) bond motifs is 1. The number of anilines is 2. The van der Waals surface area contributed by atoms with Crippen molar-refractivity contribution in [3.63, 3.8) is 0 Å². The maximum Gasteiger partial charge on any atom is 0.226 e. The molecule has 2 aromatic rings. The highest BCUT2D eigenvalue weighted by atomic mass is 15.2. The second-order valence-corrected chi connectivity index (χ2v) is 5.04.